The molecule has 0 aliphatic carbocycles. The highest BCUT2D eigenvalue weighted by Gasteiger charge is 2.32. The molecule has 1 heterocycles. The van der Waals surface area contributed by atoms with E-state index >= 15 is 0 Å². The van der Waals surface area contributed by atoms with Crippen molar-refractivity contribution in [1.29, 1.82) is 0 Å². The molecule has 1 aromatic heterocycles. The van der Waals surface area contributed by atoms with Crippen LogP contribution >= 0.6 is 10.5 Å². The summed E-state index contributed by atoms with van der Waals surface area (Å²) in [4.78, 5) is 15.5. The number of aromatic nitrogens is 1. The number of carbonyl (C=O) groups is 1. The third kappa shape index (κ3) is 3.88. The summed E-state index contributed by atoms with van der Waals surface area (Å²) in [6.45, 7) is 0. The lowest BCUT2D eigenvalue weighted by atomic mass is 10.1. The van der Waals surface area contributed by atoms with Gasteiger partial charge in [-0.15, -0.1) is 0 Å². The van der Waals surface area contributed by atoms with Gasteiger partial charge in [0.15, 0.2) is 11.1 Å². The van der Waals surface area contributed by atoms with E-state index in [-0.39, 0.29) is 11.3 Å². The van der Waals surface area contributed by atoms with Gasteiger partial charge in [-0.1, -0.05) is 36.4 Å². The fraction of sp³-hybridized carbons (Fsp3) is 0.111. The summed E-state index contributed by atoms with van der Waals surface area (Å²) in [5, 5.41) is 13.0. The van der Waals surface area contributed by atoms with Crippen molar-refractivity contribution in [3.63, 3.8) is 0 Å². The molecule has 0 bridgehead atoms. The maximum Gasteiger partial charge on any atom is 0.416 e. The molecule has 0 N–H and O–H groups in total. The van der Waals surface area contributed by atoms with Gasteiger partial charge in [-0.25, -0.2) is 0 Å². The Labute approximate surface area is 144 Å². The quantitative estimate of drug-likeness (QED) is 0.660. The summed E-state index contributed by atoms with van der Waals surface area (Å²) in [6.07, 6.45) is -4.47. The van der Waals surface area contributed by atoms with Crippen LogP contribution < -0.4 is 5.11 Å². The van der Waals surface area contributed by atoms with Gasteiger partial charge < -0.3 is 9.90 Å². The molecular weight excluding hydrogens is 351 g/mol. The van der Waals surface area contributed by atoms with Crippen LogP contribution in [-0.4, -0.2) is 11.0 Å². The van der Waals surface area contributed by atoms with Gasteiger partial charge in [0.2, 0.25) is 0 Å². The Morgan fingerprint density at radius 2 is 1.72 bits per heavy atom. The summed E-state index contributed by atoms with van der Waals surface area (Å²) in [5.41, 5.74) is 0.803. The van der Waals surface area contributed by atoms with Crippen LogP contribution in [0.4, 0.5) is 13.2 Å². The lowest BCUT2D eigenvalue weighted by Crippen LogP contribution is -2.22. The summed E-state index contributed by atoms with van der Waals surface area (Å²) in [6, 6.07) is 13.8. The van der Waals surface area contributed by atoms with E-state index in [0.717, 1.165) is 17.7 Å². The van der Waals surface area contributed by atoms with Gasteiger partial charge in [-0.2, -0.15) is 18.2 Å². The first-order chi connectivity index (χ1) is 11.8. The van der Waals surface area contributed by atoms with Crippen molar-refractivity contribution in [2.45, 2.75) is 11.9 Å². The maximum atomic E-state index is 12.9. The van der Waals surface area contributed by atoms with Crippen LogP contribution in [0.5, 0.6) is 0 Å². The zero-order valence-corrected chi connectivity index (χ0v) is 13.6. The maximum absolute atomic E-state index is 12.9. The third-order valence-corrected chi connectivity index (χ3v) is 5.38. The van der Waals surface area contributed by atoms with Crippen molar-refractivity contribution in [1.82, 2.24) is 4.98 Å². The topological polar surface area (TPSA) is 53.0 Å². The number of carboxylic acid groups (broad SMARTS) is 1. The number of halogens is 3. The Morgan fingerprint density at radius 3 is 2.36 bits per heavy atom. The first-order valence-corrected chi connectivity index (χ1v) is 8.73. The molecule has 128 valence electrons. The SMILES string of the molecule is O=C([O-])C[s+]1cc(-c2ccccc2)nc1-c1cccc(C(F)(F)F)c1. The zero-order chi connectivity index (χ0) is 18.0. The number of hydrogen-bond donors (Lipinski definition) is 0. The number of rotatable bonds is 4. The molecule has 7 heteroatoms. The Morgan fingerprint density at radius 1 is 1.04 bits per heavy atom. The van der Waals surface area contributed by atoms with Crippen LogP contribution in [0.3, 0.4) is 0 Å². The molecule has 0 aliphatic heterocycles. The Kier molecular flexibility index (Phi) is 4.59. The molecule has 0 saturated carbocycles. The minimum Gasteiger partial charge on any atom is -0.545 e. The molecule has 0 saturated heterocycles. The van der Waals surface area contributed by atoms with Crippen LogP contribution in [0.25, 0.3) is 21.8 Å². The van der Waals surface area contributed by atoms with Gasteiger partial charge in [0.1, 0.15) is 5.69 Å². The second kappa shape index (κ2) is 6.68. The lowest BCUT2D eigenvalue weighted by molar-refractivity contribution is -0.303. The fourth-order valence-electron chi connectivity index (χ4n) is 2.41. The van der Waals surface area contributed by atoms with Gasteiger partial charge in [0.05, 0.1) is 17.1 Å². The molecule has 3 rings (SSSR count). The Balaban J connectivity index is 2.11. The van der Waals surface area contributed by atoms with E-state index in [4.69, 9.17) is 0 Å². The van der Waals surface area contributed by atoms with Crippen LogP contribution in [0.2, 0.25) is 0 Å². The van der Waals surface area contributed by atoms with Crippen molar-refractivity contribution in [2.24, 2.45) is 0 Å². The van der Waals surface area contributed by atoms with E-state index in [1.807, 2.05) is 30.3 Å². The van der Waals surface area contributed by atoms with E-state index < -0.39 is 28.2 Å². The van der Waals surface area contributed by atoms with Crippen molar-refractivity contribution in [3.8, 4) is 21.8 Å². The van der Waals surface area contributed by atoms with Crippen molar-refractivity contribution >= 4 is 16.4 Å². The number of carbonyl (C=O) groups excluding carboxylic acids is 1. The summed E-state index contributed by atoms with van der Waals surface area (Å²) in [7, 11) is -0.953. The molecular formula is C18H12F3NO2S. The predicted molar refractivity (Wildman–Crippen MR) is 87.6 cm³/mol. The van der Waals surface area contributed by atoms with Gasteiger partial charge in [-0.05, 0) is 18.2 Å². The highest BCUT2D eigenvalue weighted by atomic mass is 32.2. The Bertz CT molecular complexity index is 904. The van der Waals surface area contributed by atoms with E-state index in [0.29, 0.717) is 10.7 Å². The van der Waals surface area contributed by atoms with Gasteiger partial charge >= 0.3 is 6.18 Å². The number of hydrogen-bond acceptors (Lipinski definition) is 3. The molecule has 1 atom stereocenters. The number of thiazole rings is 1. The molecule has 0 aliphatic rings. The normalized spacial score (nSPS) is 12.2. The van der Waals surface area contributed by atoms with Crippen LogP contribution in [-0.2, 0) is 16.7 Å². The molecule has 1 unspecified atom stereocenters. The number of alkyl halides is 3. The molecule has 0 fully saturated rings. The van der Waals surface area contributed by atoms with Crippen molar-refractivity contribution in [2.75, 3.05) is 0 Å². The molecule has 0 radical (unpaired) electrons. The van der Waals surface area contributed by atoms with E-state index in [1.165, 1.54) is 12.1 Å². The van der Waals surface area contributed by atoms with Gasteiger partial charge in [-0.3, -0.25) is 0 Å². The predicted octanol–water partition coefficient (Wildman–Crippen LogP) is 3.93. The second-order valence-electron chi connectivity index (χ2n) is 5.31. The fourth-order valence-corrected chi connectivity index (χ4v) is 4.10. The number of nitrogens with zero attached hydrogens (tertiary/aromatic N) is 1. The number of aliphatic carboxylic acids is 1. The lowest BCUT2D eigenvalue weighted by Gasteiger charge is -2.06. The standard InChI is InChI=1S/C18H12F3NO2S/c19-18(20,21)14-8-4-7-13(9-14)17-22-15(10-25(17)11-16(23)24)12-5-2-1-3-6-12/h1-10H,11H2. The number of benzene rings is 2. The summed E-state index contributed by atoms with van der Waals surface area (Å²) >= 11 is 0. The summed E-state index contributed by atoms with van der Waals surface area (Å²) < 4.78 is 38.8. The highest BCUT2D eigenvalue weighted by molar-refractivity contribution is 7.33. The Hall–Kier alpha value is -2.67. The van der Waals surface area contributed by atoms with Crippen molar-refractivity contribution < 1.29 is 23.1 Å². The average molecular weight is 363 g/mol. The van der Waals surface area contributed by atoms with E-state index in [9.17, 15) is 23.1 Å². The van der Waals surface area contributed by atoms with E-state index in [1.54, 1.807) is 5.38 Å². The number of carboxylic acids is 1. The van der Waals surface area contributed by atoms with Crippen LogP contribution in [0.1, 0.15) is 5.56 Å². The minimum atomic E-state index is -4.47. The molecule has 25 heavy (non-hydrogen) atoms. The molecule has 3 aromatic rings. The monoisotopic (exact) mass is 363 g/mol. The largest absolute Gasteiger partial charge is 0.545 e. The minimum absolute atomic E-state index is 0.265. The average Bonchev–Trinajstić information content (AvgIpc) is 2.98. The molecule has 0 amide bonds. The molecule has 3 nitrogen and oxygen atoms in total. The van der Waals surface area contributed by atoms with Gasteiger partial charge in [0.25, 0.3) is 5.01 Å². The zero-order valence-electron chi connectivity index (χ0n) is 12.8. The summed E-state index contributed by atoms with van der Waals surface area (Å²) in [5.74, 6) is -1.58. The smallest absolute Gasteiger partial charge is 0.416 e. The molecule has 0 spiro atoms. The second-order valence-corrected chi connectivity index (χ2v) is 7.08. The van der Waals surface area contributed by atoms with Crippen molar-refractivity contribution in [3.05, 3.63) is 65.5 Å². The third-order valence-electron chi connectivity index (χ3n) is 3.50. The highest BCUT2D eigenvalue weighted by Crippen LogP contribution is 2.40. The first kappa shape index (κ1) is 17.2. The van der Waals surface area contributed by atoms with Crippen LogP contribution in [0, 0.1) is 0 Å². The molecule has 2 aromatic carbocycles. The van der Waals surface area contributed by atoms with E-state index in [2.05, 4.69) is 4.98 Å². The van der Waals surface area contributed by atoms with Gasteiger partial charge in [0, 0.05) is 16.0 Å². The van der Waals surface area contributed by atoms with Crippen LogP contribution in [0.15, 0.2) is 60.0 Å². The first-order valence-electron chi connectivity index (χ1n) is 7.28.